The van der Waals surface area contributed by atoms with Gasteiger partial charge in [0.1, 0.15) is 0 Å². The van der Waals surface area contributed by atoms with Crippen molar-refractivity contribution in [1.29, 1.82) is 0 Å². The Hall–Kier alpha value is -3.37. The van der Waals surface area contributed by atoms with Gasteiger partial charge in [-0.2, -0.15) is 4.98 Å². The molecule has 3 heterocycles. The van der Waals surface area contributed by atoms with E-state index in [1.165, 1.54) is 11.3 Å². The van der Waals surface area contributed by atoms with Crippen molar-refractivity contribution in [3.8, 4) is 11.1 Å². The lowest BCUT2D eigenvalue weighted by atomic mass is 9.97. The lowest BCUT2D eigenvalue weighted by Crippen LogP contribution is -2.30. The van der Waals surface area contributed by atoms with Gasteiger partial charge in [-0.3, -0.25) is 10.3 Å². The molecule has 0 unspecified atom stereocenters. The lowest BCUT2D eigenvalue weighted by Gasteiger charge is -2.10. The molecule has 3 aromatic heterocycles. The van der Waals surface area contributed by atoms with Crippen molar-refractivity contribution >= 4 is 32.7 Å². The van der Waals surface area contributed by atoms with E-state index in [0.717, 1.165) is 21.3 Å². The van der Waals surface area contributed by atoms with Crippen LogP contribution in [0.3, 0.4) is 0 Å². The number of fused-ring (bicyclic) bond motifs is 1. The Morgan fingerprint density at radius 3 is 2.66 bits per heavy atom. The summed E-state index contributed by atoms with van der Waals surface area (Å²) >= 11 is 1.39. The van der Waals surface area contributed by atoms with E-state index in [0.29, 0.717) is 35.5 Å². The second-order valence-electron chi connectivity index (χ2n) is 8.29. The minimum Gasteiger partial charge on any atom is -0.390 e. The van der Waals surface area contributed by atoms with Gasteiger partial charge in [0.25, 0.3) is 0 Å². The molecule has 0 fully saturated rings. The van der Waals surface area contributed by atoms with Gasteiger partial charge in [0.2, 0.25) is 5.89 Å². The van der Waals surface area contributed by atoms with Crippen LogP contribution in [-0.2, 0) is 18.4 Å². The molecule has 4 aromatic rings. The van der Waals surface area contributed by atoms with Crippen LogP contribution in [0.5, 0.6) is 0 Å². The average Bonchev–Trinajstić information content (AvgIpc) is 3.39. The largest absolute Gasteiger partial charge is 0.390 e. The summed E-state index contributed by atoms with van der Waals surface area (Å²) in [4.78, 5) is 25.3. The number of nitrogens with one attached hydrogen (secondary N) is 2. The van der Waals surface area contributed by atoms with Gasteiger partial charge in [-0.1, -0.05) is 49.4 Å². The summed E-state index contributed by atoms with van der Waals surface area (Å²) in [5.74, 6) is 1.13. The third kappa shape index (κ3) is 5.09. The first kappa shape index (κ1) is 21.8. The number of benzene rings is 1. The van der Waals surface area contributed by atoms with Gasteiger partial charge in [-0.15, -0.1) is 0 Å². The molecule has 1 aromatic carbocycles. The molecular weight excluding hydrogens is 428 g/mol. The minimum atomic E-state index is -0.340. The number of aliphatic hydroxyl groups is 1. The molecule has 0 radical (unpaired) electrons. The average molecular weight is 453 g/mol. The molecule has 0 atom stereocenters. The van der Waals surface area contributed by atoms with E-state index in [2.05, 4.69) is 30.7 Å². The zero-order chi connectivity index (χ0) is 22.7. The number of hydrogen-bond donors (Lipinski definition) is 3. The molecule has 0 aliphatic heterocycles. The number of pyridine rings is 1. The highest BCUT2D eigenvalue weighted by Crippen LogP contribution is 2.30. The van der Waals surface area contributed by atoms with Gasteiger partial charge < -0.3 is 14.9 Å². The van der Waals surface area contributed by atoms with Crippen LogP contribution in [0.25, 0.3) is 21.3 Å². The van der Waals surface area contributed by atoms with E-state index in [4.69, 9.17) is 9.63 Å². The van der Waals surface area contributed by atoms with Crippen molar-refractivity contribution in [2.45, 2.75) is 39.2 Å². The van der Waals surface area contributed by atoms with Crippen LogP contribution in [0.15, 0.2) is 41.1 Å². The number of carbonyl (C=O) groups is 1. The maximum atomic E-state index is 12.2. The topological polar surface area (TPSA) is 126 Å². The summed E-state index contributed by atoms with van der Waals surface area (Å²) in [6.45, 7) is 6.29. The molecule has 0 bridgehead atoms. The SMILES string of the molecule is CC(C)(C)c1nc(CCNC(=O)Nc2nc3ccc(-c4ccc(CO)nc4)cc3s2)no1. The summed E-state index contributed by atoms with van der Waals surface area (Å²) in [7, 11) is 0. The Bertz CT molecular complexity index is 1230. The van der Waals surface area contributed by atoms with Crippen molar-refractivity contribution in [2.24, 2.45) is 0 Å². The molecule has 32 heavy (non-hydrogen) atoms. The fourth-order valence-corrected chi connectivity index (χ4v) is 3.84. The van der Waals surface area contributed by atoms with Crippen molar-refractivity contribution < 1.29 is 14.4 Å². The van der Waals surface area contributed by atoms with Gasteiger partial charge in [0.05, 0.1) is 22.5 Å². The zero-order valence-corrected chi connectivity index (χ0v) is 18.9. The summed E-state index contributed by atoms with van der Waals surface area (Å²) in [6.07, 6.45) is 2.20. The maximum absolute atomic E-state index is 12.2. The fourth-order valence-electron chi connectivity index (χ4n) is 2.94. The van der Waals surface area contributed by atoms with Crippen LogP contribution < -0.4 is 10.6 Å². The molecule has 3 N–H and O–H groups in total. The Morgan fingerprint density at radius 2 is 1.97 bits per heavy atom. The van der Waals surface area contributed by atoms with Crippen LogP contribution in [0.4, 0.5) is 9.93 Å². The van der Waals surface area contributed by atoms with Gasteiger partial charge in [0, 0.05) is 30.1 Å². The highest BCUT2D eigenvalue weighted by molar-refractivity contribution is 7.22. The number of rotatable bonds is 6. The third-order valence-corrected chi connectivity index (χ3v) is 5.61. The highest BCUT2D eigenvalue weighted by atomic mass is 32.1. The maximum Gasteiger partial charge on any atom is 0.321 e. The lowest BCUT2D eigenvalue weighted by molar-refractivity contribution is 0.252. The Morgan fingerprint density at radius 1 is 1.16 bits per heavy atom. The van der Waals surface area contributed by atoms with Crippen molar-refractivity contribution in [1.82, 2.24) is 25.4 Å². The molecule has 166 valence electrons. The quantitative estimate of drug-likeness (QED) is 0.405. The Kier molecular flexibility index (Phi) is 6.15. The fraction of sp³-hybridized carbons (Fsp3) is 0.318. The number of amides is 2. The number of carbonyl (C=O) groups excluding carboxylic acids is 1. The molecule has 4 rings (SSSR count). The number of urea groups is 1. The van der Waals surface area contributed by atoms with Crippen molar-refractivity contribution in [3.63, 3.8) is 0 Å². The van der Waals surface area contributed by atoms with Gasteiger partial charge in [-0.25, -0.2) is 9.78 Å². The first-order chi connectivity index (χ1) is 15.3. The van der Waals surface area contributed by atoms with Crippen LogP contribution in [0.2, 0.25) is 0 Å². The molecule has 9 nitrogen and oxygen atoms in total. The van der Waals surface area contributed by atoms with E-state index in [9.17, 15) is 4.79 Å². The predicted octanol–water partition coefficient (Wildman–Crippen LogP) is 3.90. The number of thiazole rings is 1. The summed E-state index contributed by atoms with van der Waals surface area (Å²) in [6, 6.07) is 9.25. The number of hydrogen-bond acceptors (Lipinski definition) is 8. The van der Waals surface area contributed by atoms with Crippen LogP contribution in [0, 0.1) is 0 Å². The molecule has 0 aliphatic rings. The van der Waals surface area contributed by atoms with E-state index >= 15 is 0 Å². The van der Waals surface area contributed by atoms with Crippen molar-refractivity contribution in [2.75, 3.05) is 11.9 Å². The normalized spacial score (nSPS) is 11.6. The molecular formula is C22H24N6O3S. The molecule has 10 heteroatoms. The molecule has 2 amide bonds. The van der Waals surface area contributed by atoms with E-state index in [-0.39, 0.29) is 18.1 Å². The zero-order valence-electron chi connectivity index (χ0n) is 18.0. The molecule has 0 saturated heterocycles. The van der Waals surface area contributed by atoms with Crippen LogP contribution >= 0.6 is 11.3 Å². The van der Waals surface area contributed by atoms with Gasteiger partial charge >= 0.3 is 6.03 Å². The highest BCUT2D eigenvalue weighted by Gasteiger charge is 2.21. The van der Waals surface area contributed by atoms with Crippen molar-refractivity contribution in [3.05, 3.63) is 53.9 Å². The standard InChI is InChI=1S/C22H24N6O3S/c1-22(2,3)19-26-18(28-31-19)8-9-23-20(30)27-21-25-16-7-5-13(10-17(16)32-21)14-4-6-15(12-29)24-11-14/h4-7,10-11,29H,8-9,12H2,1-3H3,(H2,23,25,27,30). The van der Waals surface area contributed by atoms with E-state index in [1.807, 2.05) is 45.0 Å². The second-order valence-corrected chi connectivity index (χ2v) is 9.33. The summed E-state index contributed by atoms with van der Waals surface area (Å²) in [5, 5.41) is 19.2. The van der Waals surface area contributed by atoms with Gasteiger partial charge in [0.15, 0.2) is 11.0 Å². The van der Waals surface area contributed by atoms with E-state index < -0.39 is 0 Å². The number of nitrogens with zero attached hydrogens (tertiary/aromatic N) is 4. The van der Waals surface area contributed by atoms with Gasteiger partial charge in [-0.05, 0) is 23.8 Å². The molecule has 0 aliphatic carbocycles. The smallest absolute Gasteiger partial charge is 0.321 e. The first-order valence-electron chi connectivity index (χ1n) is 10.2. The summed E-state index contributed by atoms with van der Waals surface area (Å²) in [5.41, 5.74) is 3.15. The first-order valence-corrected chi connectivity index (χ1v) is 11.0. The van der Waals surface area contributed by atoms with Crippen LogP contribution in [-0.4, -0.2) is 37.8 Å². The Balaban J connectivity index is 1.35. The summed E-state index contributed by atoms with van der Waals surface area (Å²) < 4.78 is 6.21. The Labute approximate surface area is 188 Å². The number of aliphatic hydroxyl groups excluding tert-OH is 1. The number of aromatic nitrogens is 4. The predicted molar refractivity (Wildman–Crippen MR) is 122 cm³/mol. The van der Waals surface area contributed by atoms with E-state index in [1.54, 1.807) is 12.3 Å². The monoisotopic (exact) mass is 452 g/mol. The minimum absolute atomic E-state index is 0.0850. The van der Waals surface area contributed by atoms with Crippen LogP contribution in [0.1, 0.15) is 38.2 Å². The second kappa shape index (κ2) is 9.01. The third-order valence-electron chi connectivity index (χ3n) is 4.67. The molecule has 0 spiro atoms. The molecule has 0 saturated carbocycles. The number of anilines is 1.